The van der Waals surface area contributed by atoms with Crippen LogP contribution in [0.15, 0.2) is 12.4 Å². The lowest BCUT2D eigenvalue weighted by Gasteiger charge is -2.15. The Balaban J connectivity index is 2.37. The summed E-state index contributed by atoms with van der Waals surface area (Å²) in [6.45, 7) is 0.612. The highest BCUT2D eigenvalue weighted by molar-refractivity contribution is 5.69. The van der Waals surface area contributed by atoms with Gasteiger partial charge in [0.2, 0.25) is 5.95 Å². The van der Waals surface area contributed by atoms with E-state index in [0.29, 0.717) is 25.3 Å². The summed E-state index contributed by atoms with van der Waals surface area (Å²) in [4.78, 5) is 20.2. The highest BCUT2D eigenvalue weighted by Crippen LogP contribution is 2.05. The summed E-state index contributed by atoms with van der Waals surface area (Å²) in [6, 6.07) is 0. The second kappa shape index (κ2) is 5.99. The van der Waals surface area contributed by atoms with E-state index in [0.717, 1.165) is 12.4 Å². The molecule has 0 N–H and O–H groups in total. The lowest BCUT2D eigenvalue weighted by molar-refractivity contribution is -0.140. The molecular weight excluding hydrogens is 213 g/mol. The Morgan fingerprint density at radius 2 is 2.12 bits per heavy atom. The first-order valence-electron chi connectivity index (χ1n) is 4.89. The third kappa shape index (κ3) is 3.80. The predicted molar refractivity (Wildman–Crippen MR) is 56.5 cm³/mol. The number of esters is 1. The maximum absolute atomic E-state index is 12.5. The molecule has 1 heterocycles. The number of hydrogen-bond donors (Lipinski definition) is 0. The van der Waals surface area contributed by atoms with Gasteiger partial charge in [-0.1, -0.05) is 0 Å². The first-order chi connectivity index (χ1) is 7.63. The van der Waals surface area contributed by atoms with E-state index >= 15 is 0 Å². The number of carbonyl (C=O) groups is 1. The fraction of sp³-hybridized carbons (Fsp3) is 0.500. The third-order valence-corrected chi connectivity index (χ3v) is 2.05. The van der Waals surface area contributed by atoms with Crippen molar-refractivity contribution in [3.63, 3.8) is 0 Å². The van der Waals surface area contributed by atoms with Gasteiger partial charge in [0.15, 0.2) is 5.82 Å². The second-order valence-corrected chi connectivity index (χ2v) is 3.30. The van der Waals surface area contributed by atoms with E-state index in [1.54, 1.807) is 11.9 Å². The molecule has 1 rings (SSSR count). The zero-order valence-corrected chi connectivity index (χ0v) is 9.31. The van der Waals surface area contributed by atoms with Crippen LogP contribution in [0.2, 0.25) is 0 Å². The molecule has 6 heteroatoms. The van der Waals surface area contributed by atoms with Gasteiger partial charge in [-0.25, -0.2) is 14.4 Å². The average molecular weight is 227 g/mol. The van der Waals surface area contributed by atoms with Crippen molar-refractivity contribution < 1.29 is 13.9 Å². The molecule has 0 aromatic carbocycles. The Labute approximate surface area is 93.3 Å². The van der Waals surface area contributed by atoms with Crippen LogP contribution >= 0.6 is 0 Å². The van der Waals surface area contributed by atoms with E-state index in [9.17, 15) is 9.18 Å². The Hall–Kier alpha value is -1.72. The summed E-state index contributed by atoms with van der Waals surface area (Å²) in [5.41, 5.74) is 0. The molecule has 0 aliphatic rings. The van der Waals surface area contributed by atoms with Gasteiger partial charge >= 0.3 is 5.97 Å². The van der Waals surface area contributed by atoms with E-state index in [-0.39, 0.29) is 5.97 Å². The van der Waals surface area contributed by atoms with Crippen LogP contribution in [-0.2, 0) is 9.53 Å². The SMILES string of the molecule is COC(=O)CCCN(C)c1ncc(F)cn1. The van der Waals surface area contributed by atoms with Gasteiger partial charge in [-0.05, 0) is 6.42 Å². The molecule has 0 spiro atoms. The number of nitrogens with zero attached hydrogens (tertiary/aromatic N) is 3. The van der Waals surface area contributed by atoms with Crippen molar-refractivity contribution in [1.82, 2.24) is 9.97 Å². The number of hydrogen-bond acceptors (Lipinski definition) is 5. The minimum absolute atomic E-state index is 0.242. The largest absolute Gasteiger partial charge is 0.469 e. The molecule has 0 aliphatic heterocycles. The van der Waals surface area contributed by atoms with Crippen LogP contribution in [0.5, 0.6) is 0 Å². The maximum Gasteiger partial charge on any atom is 0.305 e. The van der Waals surface area contributed by atoms with E-state index < -0.39 is 5.82 Å². The number of carbonyl (C=O) groups excluding carboxylic acids is 1. The van der Waals surface area contributed by atoms with Crippen molar-refractivity contribution in [2.45, 2.75) is 12.8 Å². The number of aromatic nitrogens is 2. The van der Waals surface area contributed by atoms with Crippen LogP contribution in [0.25, 0.3) is 0 Å². The first-order valence-corrected chi connectivity index (χ1v) is 4.89. The van der Waals surface area contributed by atoms with E-state index in [1.807, 2.05) is 0 Å². The Morgan fingerprint density at radius 1 is 1.50 bits per heavy atom. The van der Waals surface area contributed by atoms with Crippen molar-refractivity contribution >= 4 is 11.9 Å². The molecule has 0 saturated carbocycles. The third-order valence-electron chi connectivity index (χ3n) is 2.05. The Kier molecular flexibility index (Phi) is 4.63. The summed E-state index contributed by atoms with van der Waals surface area (Å²) in [5, 5.41) is 0. The Morgan fingerprint density at radius 3 is 2.69 bits per heavy atom. The number of ether oxygens (including phenoxy) is 1. The number of rotatable bonds is 5. The number of methoxy groups -OCH3 is 1. The van der Waals surface area contributed by atoms with Gasteiger partial charge in [0.25, 0.3) is 0 Å². The van der Waals surface area contributed by atoms with E-state index in [2.05, 4.69) is 14.7 Å². The van der Waals surface area contributed by atoms with Crippen molar-refractivity contribution in [3.8, 4) is 0 Å². The maximum atomic E-state index is 12.5. The van der Waals surface area contributed by atoms with Crippen molar-refractivity contribution in [2.75, 3.05) is 25.6 Å². The zero-order chi connectivity index (χ0) is 12.0. The van der Waals surface area contributed by atoms with Crippen LogP contribution < -0.4 is 4.90 Å². The molecule has 0 fully saturated rings. The summed E-state index contributed by atoms with van der Waals surface area (Å²) in [5.74, 6) is -0.272. The summed E-state index contributed by atoms with van der Waals surface area (Å²) < 4.78 is 17.1. The van der Waals surface area contributed by atoms with Crippen LogP contribution in [0, 0.1) is 5.82 Å². The van der Waals surface area contributed by atoms with Crippen LogP contribution in [0.3, 0.4) is 0 Å². The van der Waals surface area contributed by atoms with Gasteiger partial charge in [-0.15, -0.1) is 0 Å². The molecule has 16 heavy (non-hydrogen) atoms. The van der Waals surface area contributed by atoms with Crippen molar-refractivity contribution in [2.24, 2.45) is 0 Å². The van der Waals surface area contributed by atoms with E-state index in [1.165, 1.54) is 7.11 Å². The molecular formula is C10H14FN3O2. The molecule has 0 unspecified atom stereocenters. The highest BCUT2D eigenvalue weighted by atomic mass is 19.1. The van der Waals surface area contributed by atoms with Crippen LogP contribution in [-0.4, -0.2) is 36.6 Å². The molecule has 0 radical (unpaired) electrons. The molecule has 0 saturated heterocycles. The number of anilines is 1. The second-order valence-electron chi connectivity index (χ2n) is 3.30. The highest BCUT2D eigenvalue weighted by Gasteiger charge is 2.06. The van der Waals surface area contributed by atoms with Gasteiger partial charge in [-0.2, -0.15) is 0 Å². The minimum Gasteiger partial charge on any atom is -0.469 e. The first kappa shape index (κ1) is 12.4. The predicted octanol–water partition coefficient (Wildman–Crippen LogP) is 1.01. The van der Waals surface area contributed by atoms with E-state index in [4.69, 9.17) is 0 Å². The monoisotopic (exact) mass is 227 g/mol. The molecule has 88 valence electrons. The molecule has 0 bridgehead atoms. The van der Waals surface area contributed by atoms with Gasteiger partial charge < -0.3 is 9.64 Å². The van der Waals surface area contributed by atoms with Crippen molar-refractivity contribution in [3.05, 3.63) is 18.2 Å². The molecule has 1 aromatic rings. The summed E-state index contributed by atoms with van der Waals surface area (Å²) >= 11 is 0. The molecule has 0 aliphatic carbocycles. The van der Waals surface area contributed by atoms with Crippen LogP contribution in [0.1, 0.15) is 12.8 Å². The number of halogens is 1. The summed E-state index contributed by atoms with van der Waals surface area (Å²) in [7, 11) is 3.14. The molecule has 5 nitrogen and oxygen atoms in total. The minimum atomic E-state index is -0.466. The molecule has 0 amide bonds. The van der Waals surface area contributed by atoms with Crippen LogP contribution in [0.4, 0.5) is 10.3 Å². The normalized spacial score (nSPS) is 9.94. The topological polar surface area (TPSA) is 55.3 Å². The lowest BCUT2D eigenvalue weighted by Crippen LogP contribution is -2.21. The fourth-order valence-corrected chi connectivity index (χ4v) is 1.17. The van der Waals surface area contributed by atoms with Gasteiger partial charge in [-0.3, -0.25) is 4.79 Å². The molecule has 1 aromatic heterocycles. The quantitative estimate of drug-likeness (QED) is 0.702. The summed E-state index contributed by atoms with van der Waals surface area (Å²) in [6.07, 6.45) is 3.21. The van der Waals surface area contributed by atoms with Gasteiger partial charge in [0, 0.05) is 20.0 Å². The van der Waals surface area contributed by atoms with Gasteiger partial charge in [0.05, 0.1) is 19.5 Å². The smallest absolute Gasteiger partial charge is 0.305 e. The Bertz CT molecular complexity index is 342. The molecule has 0 atom stereocenters. The van der Waals surface area contributed by atoms with Crippen molar-refractivity contribution in [1.29, 1.82) is 0 Å². The fourth-order valence-electron chi connectivity index (χ4n) is 1.17. The average Bonchev–Trinajstić information content (AvgIpc) is 2.29. The lowest BCUT2D eigenvalue weighted by atomic mass is 10.3. The van der Waals surface area contributed by atoms with Gasteiger partial charge in [0.1, 0.15) is 0 Å². The zero-order valence-electron chi connectivity index (χ0n) is 9.31. The standard InChI is InChI=1S/C10H14FN3O2/c1-14(5-3-4-9(15)16-2)10-12-6-8(11)7-13-10/h6-7H,3-5H2,1-2H3.